The summed E-state index contributed by atoms with van der Waals surface area (Å²) in [5, 5.41) is 28.3. The number of rotatable bonds is 8. The van der Waals surface area contributed by atoms with E-state index in [9.17, 15) is 10.2 Å². The molecule has 156 valence electrons. The molecule has 2 rings (SSSR count). The van der Waals surface area contributed by atoms with Gasteiger partial charge in [-0.2, -0.15) is 0 Å². The molecule has 2 unspecified atom stereocenters. The van der Waals surface area contributed by atoms with Gasteiger partial charge >= 0.3 is 0 Å². The van der Waals surface area contributed by atoms with Crippen LogP contribution in [0.3, 0.4) is 0 Å². The monoisotopic (exact) mass is 378 g/mol. The highest BCUT2D eigenvalue weighted by molar-refractivity contribution is 5.41. The van der Waals surface area contributed by atoms with Crippen LogP contribution in [-0.4, -0.2) is 28.0 Å². The van der Waals surface area contributed by atoms with Gasteiger partial charge < -0.3 is 15.3 Å². The molecule has 0 spiro atoms. The zero-order valence-corrected chi connectivity index (χ0v) is 18.0. The molecule has 3 heteroatoms. The average Bonchev–Trinajstić information content (AvgIpc) is 2.65. The third kappa shape index (κ3) is 8.23. The van der Waals surface area contributed by atoms with Gasteiger partial charge in [-0.1, -0.05) is 71.9 Å². The van der Waals surface area contributed by atoms with Crippen molar-refractivity contribution in [1.82, 2.24) is 0 Å². The first-order valence-corrected chi connectivity index (χ1v) is 11.0. The van der Waals surface area contributed by atoms with Crippen molar-refractivity contribution in [3.63, 3.8) is 0 Å². The van der Waals surface area contributed by atoms with Gasteiger partial charge in [0, 0.05) is 6.61 Å². The zero-order chi connectivity index (χ0) is 20.3. The van der Waals surface area contributed by atoms with Crippen LogP contribution in [0.1, 0.15) is 109 Å². The summed E-state index contributed by atoms with van der Waals surface area (Å²) in [6.07, 6.45) is 10.8. The lowest BCUT2D eigenvalue weighted by atomic mass is 9.77. The first-order valence-electron chi connectivity index (χ1n) is 11.0. The number of hydrogen-bond donors (Lipinski definition) is 3. The highest BCUT2D eigenvalue weighted by atomic mass is 16.3. The van der Waals surface area contributed by atoms with Gasteiger partial charge in [0.05, 0.1) is 6.10 Å². The fourth-order valence-electron chi connectivity index (χ4n) is 3.89. The third-order valence-corrected chi connectivity index (χ3v) is 5.78. The lowest BCUT2D eigenvalue weighted by Gasteiger charge is -2.29. The molecule has 3 nitrogen and oxygen atoms in total. The van der Waals surface area contributed by atoms with Gasteiger partial charge in [-0.15, -0.1) is 0 Å². The third-order valence-electron chi connectivity index (χ3n) is 5.78. The summed E-state index contributed by atoms with van der Waals surface area (Å²) in [5.74, 6) is 0.726. The van der Waals surface area contributed by atoms with E-state index in [1.165, 1.54) is 31.2 Å². The Bertz CT molecular complexity index is 522. The second-order valence-electron chi connectivity index (χ2n) is 8.71. The highest BCUT2D eigenvalue weighted by Crippen LogP contribution is 2.40. The van der Waals surface area contributed by atoms with Crippen molar-refractivity contribution in [2.45, 2.75) is 109 Å². The van der Waals surface area contributed by atoms with Gasteiger partial charge in [-0.05, 0) is 60.6 Å². The molecule has 1 aliphatic carbocycles. The Kier molecular flexibility index (Phi) is 11.0. The van der Waals surface area contributed by atoms with Crippen molar-refractivity contribution in [1.29, 1.82) is 0 Å². The largest absolute Gasteiger partial charge is 0.508 e. The van der Waals surface area contributed by atoms with Crippen molar-refractivity contribution in [3.05, 3.63) is 29.3 Å². The van der Waals surface area contributed by atoms with E-state index in [1.807, 2.05) is 13.0 Å². The quantitative estimate of drug-likeness (QED) is 0.483. The van der Waals surface area contributed by atoms with Gasteiger partial charge in [-0.3, -0.25) is 0 Å². The van der Waals surface area contributed by atoms with Crippen LogP contribution in [0.25, 0.3) is 0 Å². The summed E-state index contributed by atoms with van der Waals surface area (Å²) >= 11 is 0. The van der Waals surface area contributed by atoms with E-state index in [0.29, 0.717) is 18.3 Å². The summed E-state index contributed by atoms with van der Waals surface area (Å²) < 4.78 is 0. The predicted octanol–water partition coefficient (Wildman–Crippen LogP) is 6.05. The summed E-state index contributed by atoms with van der Waals surface area (Å²) in [4.78, 5) is 0. The number of phenolic OH excluding ortho intramolecular Hbond substituents is 1. The van der Waals surface area contributed by atoms with E-state index in [2.05, 4.69) is 32.9 Å². The number of phenols is 1. The Morgan fingerprint density at radius 1 is 1.04 bits per heavy atom. The lowest BCUT2D eigenvalue weighted by Crippen LogP contribution is -2.19. The summed E-state index contributed by atoms with van der Waals surface area (Å²) in [6.45, 7) is 9.04. The van der Waals surface area contributed by atoms with E-state index < -0.39 is 0 Å². The minimum atomic E-state index is -0.206. The number of aliphatic hydroxyl groups is 2. The molecular formula is C24H42O3. The second kappa shape index (κ2) is 12.4. The molecule has 0 saturated heterocycles. The molecule has 0 aliphatic heterocycles. The van der Waals surface area contributed by atoms with Crippen molar-refractivity contribution in [2.24, 2.45) is 0 Å². The van der Waals surface area contributed by atoms with E-state index in [1.54, 1.807) is 0 Å². The van der Waals surface area contributed by atoms with E-state index >= 15 is 0 Å². The fraction of sp³-hybridized carbons (Fsp3) is 0.750. The van der Waals surface area contributed by atoms with Gasteiger partial charge in [0.25, 0.3) is 0 Å². The number of benzene rings is 1. The van der Waals surface area contributed by atoms with E-state index in [-0.39, 0.29) is 11.5 Å². The fourth-order valence-corrected chi connectivity index (χ4v) is 3.89. The molecule has 1 aromatic carbocycles. The van der Waals surface area contributed by atoms with Crippen LogP contribution in [-0.2, 0) is 5.41 Å². The molecule has 1 aromatic rings. The Morgan fingerprint density at radius 2 is 1.74 bits per heavy atom. The normalized spacial score (nSPS) is 20.1. The van der Waals surface area contributed by atoms with Crippen LogP contribution >= 0.6 is 0 Å². The standard InChI is InChI=1S/C21H34O2.C3H8O/c1-4-5-6-7-13-21(2,3)17-11-12-19(20(23)15-17)16-9-8-10-18(22)14-16;1-2-3-4/h11-12,15-16,18,22-23H,4-10,13-14H2,1-3H3;4H,2-3H2,1H3. The highest BCUT2D eigenvalue weighted by Gasteiger charge is 2.26. The van der Waals surface area contributed by atoms with Gasteiger partial charge in [0.1, 0.15) is 5.75 Å². The molecule has 2 atom stereocenters. The van der Waals surface area contributed by atoms with Crippen LogP contribution < -0.4 is 0 Å². The molecule has 0 bridgehead atoms. The second-order valence-corrected chi connectivity index (χ2v) is 8.71. The van der Waals surface area contributed by atoms with Crippen molar-refractivity contribution >= 4 is 0 Å². The molecule has 0 amide bonds. The molecule has 3 N–H and O–H groups in total. The first kappa shape index (κ1) is 24.0. The predicted molar refractivity (Wildman–Crippen MR) is 114 cm³/mol. The maximum Gasteiger partial charge on any atom is 0.119 e. The van der Waals surface area contributed by atoms with Gasteiger partial charge in [-0.25, -0.2) is 0 Å². The van der Waals surface area contributed by atoms with Crippen LogP contribution in [0.2, 0.25) is 0 Å². The van der Waals surface area contributed by atoms with Crippen molar-refractivity contribution < 1.29 is 15.3 Å². The maximum atomic E-state index is 10.5. The average molecular weight is 379 g/mol. The van der Waals surface area contributed by atoms with Crippen LogP contribution in [0.5, 0.6) is 5.75 Å². The van der Waals surface area contributed by atoms with E-state index in [0.717, 1.165) is 44.1 Å². The smallest absolute Gasteiger partial charge is 0.119 e. The molecule has 1 saturated carbocycles. The van der Waals surface area contributed by atoms with Gasteiger partial charge in [0.2, 0.25) is 0 Å². The van der Waals surface area contributed by atoms with Crippen LogP contribution in [0.4, 0.5) is 0 Å². The van der Waals surface area contributed by atoms with E-state index in [4.69, 9.17) is 5.11 Å². The molecule has 0 aromatic heterocycles. The minimum absolute atomic E-state index is 0.107. The summed E-state index contributed by atoms with van der Waals surface area (Å²) in [7, 11) is 0. The number of aromatic hydroxyl groups is 1. The molecule has 1 aliphatic rings. The summed E-state index contributed by atoms with van der Waals surface area (Å²) in [6, 6.07) is 6.26. The Balaban J connectivity index is 0.000000828. The molecule has 0 heterocycles. The van der Waals surface area contributed by atoms with Crippen molar-refractivity contribution in [2.75, 3.05) is 6.61 Å². The Hall–Kier alpha value is -1.06. The maximum absolute atomic E-state index is 10.5. The zero-order valence-electron chi connectivity index (χ0n) is 18.0. The molecule has 1 fully saturated rings. The Morgan fingerprint density at radius 3 is 2.30 bits per heavy atom. The molecule has 0 radical (unpaired) electrons. The number of aliphatic hydroxyl groups excluding tert-OH is 2. The number of unbranched alkanes of at least 4 members (excludes halogenated alkanes) is 3. The van der Waals surface area contributed by atoms with Crippen LogP contribution in [0, 0.1) is 0 Å². The summed E-state index contributed by atoms with van der Waals surface area (Å²) in [5.41, 5.74) is 2.36. The lowest BCUT2D eigenvalue weighted by molar-refractivity contribution is 0.119. The minimum Gasteiger partial charge on any atom is -0.508 e. The van der Waals surface area contributed by atoms with Gasteiger partial charge in [0.15, 0.2) is 0 Å². The van der Waals surface area contributed by atoms with Crippen molar-refractivity contribution in [3.8, 4) is 5.75 Å². The topological polar surface area (TPSA) is 60.7 Å². The Labute approximate surface area is 166 Å². The number of hydrogen-bond acceptors (Lipinski definition) is 3. The molecule has 27 heavy (non-hydrogen) atoms. The first-order chi connectivity index (χ1) is 12.9. The van der Waals surface area contributed by atoms with Crippen LogP contribution in [0.15, 0.2) is 18.2 Å². The SMILES string of the molecule is CCCCCCC(C)(C)c1ccc(C2CCCC(O)C2)c(O)c1.CCCO. The molecular weight excluding hydrogens is 336 g/mol.